The first-order chi connectivity index (χ1) is 10.7. The van der Waals surface area contributed by atoms with Gasteiger partial charge in [-0.15, -0.1) is 0 Å². The van der Waals surface area contributed by atoms with Gasteiger partial charge < -0.3 is 14.9 Å². The highest BCUT2D eigenvalue weighted by molar-refractivity contribution is 5.99. The summed E-state index contributed by atoms with van der Waals surface area (Å²) in [5.41, 5.74) is 0.710. The minimum absolute atomic E-state index is 0.0459. The maximum Gasteiger partial charge on any atom is 0.416 e. The number of amides is 2. The Balaban J connectivity index is 2.12. The van der Waals surface area contributed by atoms with E-state index in [1.165, 1.54) is 19.2 Å². The molecule has 1 aliphatic heterocycles. The topological polar surface area (TPSA) is 60.9 Å². The van der Waals surface area contributed by atoms with Crippen LogP contribution < -0.4 is 4.90 Å². The lowest BCUT2D eigenvalue weighted by Crippen LogP contribution is -2.41. The molecule has 0 aliphatic carbocycles. The zero-order valence-electron chi connectivity index (χ0n) is 12.5. The summed E-state index contributed by atoms with van der Waals surface area (Å²) in [4.78, 5) is 26.3. The monoisotopic (exact) mass is 330 g/mol. The number of carbonyl (C=O) groups excluding carboxylic acids is 2. The van der Waals surface area contributed by atoms with E-state index in [0.717, 1.165) is 11.3 Å². The SMILES string of the molecule is CN(CC(O)C(F)(F)F)C(=O)c1cccc(N2CCCC2=O)c1. The number of aliphatic hydroxyl groups excluding tert-OH is 1. The van der Waals surface area contributed by atoms with Crippen LogP contribution >= 0.6 is 0 Å². The molecule has 1 atom stereocenters. The second kappa shape index (κ2) is 6.57. The molecule has 23 heavy (non-hydrogen) atoms. The zero-order valence-corrected chi connectivity index (χ0v) is 12.5. The lowest BCUT2D eigenvalue weighted by molar-refractivity contribution is -0.205. The molecule has 0 spiro atoms. The van der Waals surface area contributed by atoms with Gasteiger partial charge in [-0.2, -0.15) is 13.2 Å². The van der Waals surface area contributed by atoms with Crippen molar-refractivity contribution in [1.82, 2.24) is 4.90 Å². The molecule has 1 aromatic rings. The molecule has 1 aromatic carbocycles. The molecular weight excluding hydrogens is 313 g/mol. The average Bonchev–Trinajstić information content (AvgIpc) is 2.91. The van der Waals surface area contributed by atoms with E-state index in [2.05, 4.69) is 0 Å². The number of alkyl halides is 3. The summed E-state index contributed by atoms with van der Waals surface area (Å²) in [5.74, 6) is -0.697. The summed E-state index contributed by atoms with van der Waals surface area (Å²) in [6, 6.07) is 6.18. The number of benzene rings is 1. The first-order valence-electron chi connectivity index (χ1n) is 7.11. The molecule has 0 radical (unpaired) electrons. The van der Waals surface area contributed by atoms with Crippen LogP contribution in [0.2, 0.25) is 0 Å². The predicted octanol–water partition coefficient (Wildman–Crippen LogP) is 1.81. The molecule has 1 heterocycles. The van der Waals surface area contributed by atoms with E-state index in [1.54, 1.807) is 17.0 Å². The molecule has 8 heteroatoms. The van der Waals surface area contributed by atoms with Crippen molar-refractivity contribution in [3.8, 4) is 0 Å². The van der Waals surface area contributed by atoms with E-state index in [1.807, 2.05) is 0 Å². The van der Waals surface area contributed by atoms with Gasteiger partial charge >= 0.3 is 6.18 Å². The van der Waals surface area contributed by atoms with Crippen molar-refractivity contribution in [2.75, 3.05) is 25.0 Å². The van der Waals surface area contributed by atoms with Gasteiger partial charge in [0.1, 0.15) is 0 Å². The van der Waals surface area contributed by atoms with Crippen LogP contribution in [0.3, 0.4) is 0 Å². The molecule has 5 nitrogen and oxygen atoms in total. The quantitative estimate of drug-likeness (QED) is 0.916. The molecule has 126 valence electrons. The highest BCUT2D eigenvalue weighted by Gasteiger charge is 2.39. The number of carbonyl (C=O) groups is 2. The van der Waals surface area contributed by atoms with Crippen LogP contribution in [0.1, 0.15) is 23.2 Å². The lowest BCUT2D eigenvalue weighted by Gasteiger charge is -2.23. The maximum absolute atomic E-state index is 12.4. The molecular formula is C15H17F3N2O3. The molecule has 0 aromatic heterocycles. The molecule has 0 bridgehead atoms. The van der Waals surface area contributed by atoms with E-state index in [4.69, 9.17) is 5.11 Å². The van der Waals surface area contributed by atoms with Crippen molar-refractivity contribution >= 4 is 17.5 Å². The van der Waals surface area contributed by atoms with Gasteiger partial charge in [0.2, 0.25) is 5.91 Å². The Bertz CT molecular complexity index is 604. The van der Waals surface area contributed by atoms with Gasteiger partial charge in [0.15, 0.2) is 6.10 Å². The normalized spacial score (nSPS) is 16.6. The van der Waals surface area contributed by atoms with E-state index >= 15 is 0 Å². The van der Waals surface area contributed by atoms with Crippen LogP contribution in [-0.2, 0) is 4.79 Å². The third-order valence-corrected chi connectivity index (χ3v) is 3.65. The standard InChI is InChI=1S/C15H17F3N2O3/c1-19(9-12(21)15(16,17)18)14(23)10-4-2-5-11(8-10)20-7-3-6-13(20)22/h2,4-5,8,12,21H,3,6-7,9H2,1H3. The van der Waals surface area contributed by atoms with Crippen molar-refractivity contribution in [2.24, 2.45) is 0 Å². The molecule has 0 saturated carbocycles. The van der Waals surface area contributed by atoms with E-state index < -0.39 is 24.7 Å². The van der Waals surface area contributed by atoms with E-state index in [9.17, 15) is 22.8 Å². The second-order valence-corrected chi connectivity index (χ2v) is 5.44. The van der Waals surface area contributed by atoms with Crippen molar-refractivity contribution in [3.63, 3.8) is 0 Å². The average molecular weight is 330 g/mol. The number of anilines is 1. The smallest absolute Gasteiger partial charge is 0.382 e. The van der Waals surface area contributed by atoms with Crippen molar-refractivity contribution in [1.29, 1.82) is 0 Å². The number of hydrogen-bond donors (Lipinski definition) is 1. The fourth-order valence-electron chi connectivity index (χ4n) is 2.39. The number of nitrogens with zero attached hydrogens (tertiary/aromatic N) is 2. The number of hydrogen-bond acceptors (Lipinski definition) is 3. The minimum Gasteiger partial charge on any atom is -0.382 e. The first-order valence-corrected chi connectivity index (χ1v) is 7.11. The van der Waals surface area contributed by atoms with Crippen LogP contribution in [0.15, 0.2) is 24.3 Å². The summed E-state index contributed by atoms with van der Waals surface area (Å²) < 4.78 is 37.1. The molecule has 1 N–H and O–H groups in total. The van der Waals surface area contributed by atoms with E-state index in [0.29, 0.717) is 18.7 Å². The Morgan fingerprint density at radius 2 is 2.13 bits per heavy atom. The van der Waals surface area contributed by atoms with Crippen molar-refractivity contribution in [3.05, 3.63) is 29.8 Å². The molecule has 1 aliphatic rings. The van der Waals surface area contributed by atoms with Gasteiger partial charge in [0.05, 0.1) is 6.54 Å². The summed E-state index contributed by atoms with van der Waals surface area (Å²) in [6.07, 6.45) is -6.21. The summed E-state index contributed by atoms with van der Waals surface area (Å²) >= 11 is 0. The Morgan fingerprint density at radius 1 is 1.43 bits per heavy atom. The number of likely N-dealkylation sites (N-methyl/N-ethyl adjacent to an activating group) is 1. The number of aliphatic hydroxyl groups is 1. The van der Waals surface area contributed by atoms with E-state index in [-0.39, 0.29) is 11.5 Å². The zero-order chi connectivity index (χ0) is 17.2. The van der Waals surface area contributed by atoms with Crippen LogP contribution in [0.25, 0.3) is 0 Å². The van der Waals surface area contributed by atoms with Gasteiger partial charge in [0, 0.05) is 31.3 Å². The fraction of sp³-hybridized carbons (Fsp3) is 0.467. The van der Waals surface area contributed by atoms with Crippen LogP contribution in [-0.4, -0.2) is 54.2 Å². The Kier molecular flexibility index (Phi) is 4.93. The lowest BCUT2D eigenvalue weighted by atomic mass is 10.1. The third-order valence-electron chi connectivity index (χ3n) is 3.65. The number of rotatable bonds is 4. The van der Waals surface area contributed by atoms with Crippen molar-refractivity contribution < 1.29 is 27.9 Å². The molecule has 1 unspecified atom stereocenters. The summed E-state index contributed by atoms with van der Waals surface area (Å²) in [5, 5.41) is 9.04. The summed E-state index contributed by atoms with van der Waals surface area (Å²) in [6.45, 7) is -0.297. The maximum atomic E-state index is 12.4. The molecule has 1 fully saturated rings. The summed E-state index contributed by atoms with van der Waals surface area (Å²) in [7, 11) is 1.19. The largest absolute Gasteiger partial charge is 0.416 e. The van der Waals surface area contributed by atoms with Gasteiger partial charge in [-0.3, -0.25) is 9.59 Å². The highest BCUT2D eigenvalue weighted by atomic mass is 19.4. The Labute approximate surface area is 131 Å². The van der Waals surface area contributed by atoms with Gasteiger partial charge in [-0.25, -0.2) is 0 Å². The predicted molar refractivity (Wildman–Crippen MR) is 77.1 cm³/mol. The van der Waals surface area contributed by atoms with Gasteiger partial charge in [-0.05, 0) is 24.6 Å². The number of halogens is 3. The highest BCUT2D eigenvalue weighted by Crippen LogP contribution is 2.24. The first kappa shape index (κ1) is 17.3. The van der Waals surface area contributed by atoms with Crippen LogP contribution in [0.5, 0.6) is 0 Å². The van der Waals surface area contributed by atoms with Gasteiger partial charge in [0.25, 0.3) is 5.91 Å². The third kappa shape index (κ3) is 4.01. The molecule has 2 amide bonds. The van der Waals surface area contributed by atoms with Crippen LogP contribution in [0.4, 0.5) is 18.9 Å². The Morgan fingerprint density at radius 3 is 2.70 bits per heavy atom. The minimum atomic E-state index is -4.78. The van der Waals surface area contributed by atoms with Gasteiger partial charge in [-0.1, -0.05) is 6.07 Å². The van der Waals surface area contributed by atoms with Crippen LogP contribution in [0, 0.1) is 0 Å². The molecule has 2 rings (SSSR count). The Hall–Kier alpha value is -2.09. The second-order valence-electron chi connectivity index (χ2n) is 5.44. The fourth-order valence-corrected chi connectivity index (χ4v) is 2.39. The van der Waals surface area contributed by atoms with Crippen molar-refractivity contribution in [2.45, 2.75) is 25.1 Å². The molecule has 1 saturated heterocycles.